The molecule has 88 valence electrons. The molecular formula is C14H22N2. The molecule has 0 bridgehead atoms. The number of benzene rings is 1. The van der Waals surface area contributed by atoms with Crippen LogP contribution in [0.2, 0.25) is 0 Å². The number of hydrogen-bond acceptors (Lipinski definition) is 2. The van der Waals surface area contributed by atoms with Gasteiger partial charge in [0.25, 0.3) is 0 Å². The Morgan fingerprint density at radius 2 is 1.94 bits per heavy atom. The summed E-state index contributed by atoms with van der Waals surface area (Å²) in [5.74, 6) is 0.507. The van der Waals surface area contributed by atoms with E-state index in [4.69, 9.17) is 5.73 Å². The summed E-state index contributed by atoms with van der Waals surface area (Å²) in [5, 5.41) is 0. The summed E-state index contributed by atoms with van der Waals surface area (Å²) in [6.07, 6.45) is 2.73. The zero-order chi connectivity index (χ0) is 11.5. The normalized spacial score (nSPS) is 19.8. The van der Waals surface area contributed by atoms with Crippen LogP contribution in [0.1, 0.15) is 31.4 Å². The predicted octanol–water partition coefficient (Wildman–Crippen LogP) is 2.42. The molecule has 0 aliphatic heterocycles. The predicted molar refractivity (Wildman–Crippen MR) is 68.2 cm³/mol. The third-order valence-electron chi connectivity index (χ3n) is 3.54. The molecule has 2 nitrogen and oxygen atoms in total. The Kier molecular flexibility index (Phi) is 3.62. The van der Waals surface area contributed by atoms with E-state index in [1.807, 2.05) is 6.07 Å². The van der Waals surface area contributed by atoms with Crippen LogP contribution in [0, 0.1) is 5.92 Å². The van der Waals surface area contributed by atoms with Crippen molar-refractivity contribution in [1.29, 1.82) is 0 Å². The maximum absolute atomic E-state index is 6.28. The van der Waals surface area contributed by atoms with Crippen LogP contribution in [-0.2, 0) is 0 Å². The van der Waals surface area contributed by atoms with Crippen molar-refractivity contribution in [2.75, 3.05) is 13.6 Å². The van der Waals surface area contributed by atoms with Crippen molar-refractivity contribution in [2.24, 2.45) is 11.7 Å². The van der Waals surface area contributed by atoms with Gasteiger partial charge in [-0.1, -0.05) is 37.3 Å². The fourth-order valence-corrected chi connectivity index (χ4v) is 2.24. The van der Waals surface area contributed by atoms with Gasteiger partial charge in [-0.2, -0.15) is 0 Å². The molecular weight excluding hydrogens is 196 g/mol. The van der Waals surface area contributed by atoms with E-state index in [9.17, 15) is 0 Å². The SMILES string of the molecule is CC(CN(C)C1CC1)C(N)c1ccccc1. The third-order valence-corrected chi connectivity index (χ3v) is 3.54. The maximum Gasteiger partial charge on any atom is 0.0333 e. The van der Waals surface area contributed by atoms with Crippen LogP contribution in [0.15, 0.2) is 30.3 Å². The highest BCUT2D eigenvalue weighted by molar-refractivity contribution is 5.19. The van der Waals surface area contributed by atoms with Gasteiger partial charge >= 0.3 is 0 Å². The van der Waals surface area contributed by atoms with Crippen LogP contribution < -0.4 is 5.73 Å². The monoisotopic (exact) mass is 218 g/mol. The minimum absolute atomic E-state index is 0.155. The molecule has 2 atom stereocenters. The van der Waals surface area contributed by atoms with E-state index < -0.39 is 0 Å². The molecule has 1 aliphatic carbocycles. The van der Waals surface area contributed by atoms with E-state index in [0.717, 1.165) is 12.6 Å². The highest BCUT2D eigenvalue weighted by atomic mass is 15.2. The van der Waals surface area contributed by atoms with E-state index in [1.54, 1.807) is 0 Å². The second kappa shape index (κ2) is 4.98. The Morgan fingerprint density at radius 1 is 1.31 bits per heavy atom. The van der Waals surface area contributed by atoms with Crippen molar-refractivity contribution in [3.63, 3.8) is 0 Å². The lowest BCUT2D eigenvalue weighted by Crippen LogP contribution is -2.32. The van der Waals surface area contributed by atoms with E-state index in [2.05, 4.69) is 43.1 Å². The number of hydrogen-bond donors (Lipinski definition) is 1. The zero-order valence-corrected chi connectivity index (χ0v) is 10.3. The largest absolute Gasteiger partial charge is 0.324 e. The van der Waals surface area contributed by atoms with E-state index in [0.29, 0.717) is 5.92 Å². The molecule has 0 aromatic heterocycles. The van der Waals surface area contributed by atoms with Gasteiger partial charge < -0.3 is 10.6 Å². The number of nitrogens with two attached hydrogens (primary N) is 1. The average molecular weight is 218 g/mol. The van der Waals surface area contributed by atoms with Gasteiger partial charge in [-0.15, -0.1) is 0 Å². The van der Waals surface area contributed by atoms with Gasteiger partial charge in [0.05, 0.1) is 0 Å². The van der Waals surface area contributed by atoms with Crippen LogP contribution in [0.5, 0.6) is 0 Å². The fraction of sp³-hybridized carbons (Fsp3) is 0.571. The molecule has 1 fully saturated rings. The quantitative estimate of drug-likeness (QED) is 0.822. The lowest BCUT2D eigenvalue weighted by molar-refractivity contribution is 0.256. The Hall–Kier alpha value is -0.860. The Labute approximate surface area is 98.4 Å². The first-order valence-corrected chi connectivity index (χ1v) is 6.19. The fourth-order valence-electron chi connectivity index (χ4n) is 2.24. The summed E-state index contributed by atoms with van der Waals surface area (Å²) in [5.41, 5.74) is 7.53. The van der Waals surface area contributed by atoms with Crippen LogP contribution in [-0.4, -0.2) is 24.5 Å². The molecule has 0 saturated heterocycles. The summed E-state index contributed by atoms with van der Waals surface area (Å²) in [7, 11) is 2.21. The standard InChI is InChI=1S/C14H22N2/c1-11(10-16(2)13-8-9-13)14(15)12-6-4-3-5-7-12/h3-7,11,13-14H,8-10,15H2,1-2H3. The Bertz CT molecular complexity index is 319. The third kappa shape index (κ3) is 2.83. The molecule has 1 saturated carbocycles. The van der Waals surface area contributed by atoms with Crippen LogP contribution >= 0.6 is 0 Å². The molecule has 16 heavy (non-hydrogen) atoms. The molecule has 1 aromatic carbocycles. The lowest BCUT2D eigenvalue weighted by Gasteiger charge is -2.25. The summed E-state index contributed by atoms with van der Waals surface area (Å²) in [4.78, 5) is 2.45. The Morgan fingerprint density at radius 3 is 2.50 bits per heavy atom. The van der Waals surface area contributed by atoms with Crippen LogP contribution in [0.3, 0.4) is 0 Å². The van der Waals surface area contributed by atoms with Crippen LogP contribution in [0.4, 0.5) is 0 Å². The van der Waals surface area contributed by atoms with Crippen LogP contribution in [0.25, 0.3) is 0 Å². The molecule has 0 spiro atoms. The van der Waals surface area contributed by atoms with Crippen molar-refractivity contribution in [1.82, 2.24) is 4.90 Å². The second-order valence-electron chi connectivity index (χ2n) is 5.08. The van der Waals surface area contributed by atoms with E-state index in [-0.39, 0.29) is 6.04 Å². The minimum atomic E-state index is 0.155. The first kappa shape index (κ1) is 11.6. The van der Waals surface area contributed by atoms with Crippen molar-refractivity contribution in [3.05, 3.63) is 35.9 Å². The molecule has 0 radical (unpaired) electrons. The zero-order valence-electron chi connectivity index (χ0n) is 10.3. The lowest BCUT2D eigenvalue weighted by atomic mass is 9.95. The van der Waals surface area contributed by atoms with Gasteiger partial charge in [0, 0.05) is 18.6 Å². The molecule has 1 aromatic rings. The minimum Gasteiger partial charge on any atom is -0.324 e. The summed E-state index contributed by atoms with van der Waals surface area (Å²) >= 11 is 0. The first-order valence-electron chi connectivity index (χ1n) is 6.19. The second-order valence-corrected chi connectivity index (χ2v) is 5.08. The van der Waals surface area contributed by atoms with Gasteiger partial charge in [0.2, 0.25) is 0 Å². The topological polar surface area (TPSA) is 29.3 Å². The summed E-state index contributed by atoms with van der Waals surface area (Å²) in [6.45, 7) is 3.34. The molecule has 0 heterocycles. The molecule has 2 unspecified atom stereocenters. The van der Waals surface area contributed by atoms with Crippen molar-refractivity contribution < 1.29 is 0 Å². The molecule has 2 rings (SSSR count). The highest BCUT2D eigenvalue weighted by Crippen LogP contribution is 2.28. The van der Waals surface area contributed by atoms with Gasteiger partial charge in [-0.3, -0.25) is 0 Å². The van der Waals surface area contributed by atoms with Crippen molar-refractivity contribution >= 4 is 0 Å². The van der Waals surface area contributed by atoms with E-state index in [1.165, 1.54) is 18.4 Å². The summed E-state index contributed by atoms with van der Waals surface area (Å²) in [6, 6.07) is 11.4. The Balaban J connectivity index is 1.90. The van der Waals surface area contributed by atoms with Gasteiger partial charge in [-0.05, 0) is 31.4 Å². The van der Waals surface area contributed by atoms with E-state index >= 15 is 0 Å². The smallest absolute Gasteiger partial charge is 0.0333 e. The molecule has 1 aliphatic rings. The number of nitrogens with zero attached hydrogens (tertiary/aromatic N) is 1. The molecule has 2 N–H and O–H groups in total. The van der Waals surface area contributed by atoms with Gasteiger partial charge in [0.1, 0.15) is 0 Å². The average Bonchev–Trinajstić information content (AvgIpc) is 3.13. The molecule has 2 heteroatoms. The van der Waals surface area contributed by atoms with Gasteiger partial charge in [0.15, 0.2) is 0 Å². The van der Waals surface area contributed by atoms with Crippen molar-refractivity contribution in [3.8, 4) is 0 Å². The maximum atomic E-state index is 6.28. The summed E-state index contributed by atoms with van der Waals surface area (Å²) < 4.78 is 0. The molecule has 0 amide bonds. The highest BCUT2D eigenvalue weighted by Gasteiger charge is 2.28. The first-order chi connectivity index (χ1) is 7.68. The number of rotatable bonds is 5. The van der Waals surface area contributed by atoms with Crippen molar-refractivity contribution in [2.45, 2.75) is 31.8 Å². The van der Waals surface area contributed by atoms with Gasteiger partial charge in [-0.25, -0.2) is 0 Å².